The average Bonchev–Trinajstić information content (AvgIpc) is 3.34. The van der Waals surface area contributed by atoms with Gasteiger partial charge in [0, 0.05) is 18.3 Å². The first kappa shape index (κ1) is 28.6. The Balaban J connectivity index is 1.79. The summed E-state index contributed by atoms with van der Waals surface area (Å²) in [5, 5.41) is 2.98. The molecule has 0 aliphatic rings. The number of rotatable bonds is 12. The van der Waals surface area contributed by atoms with E-state index in [0.29, 0.717) is 36.8 Å². The van der Waals surface area contributed by atoms with Crippen LogP contribution in [0, 0.1) is 13.8 Å². The molecule has 0 spiro atoms. The van der Waals surface area contributed by atoms with Gasteiger partial charge in [0.05, 0.1) is 20.8 Å². The molecular weight excluding hydrogens is 482 g/mol. The fourth-order valence-corrected chi connectivity index (χ4v) is 4.14. The highest BCUT2D eigenvalue weighted by atomic mass is 16.5. The number of nitrogens with zero attached hydrogens (tertiary/aromatic N) is 2. The standard InChI is InChI=1S/C30H39N3O5/c1-7-22(3)33(30(35)31-26-11-9-8-10-21(26)2)20-29(34)32(19-25-14-12-23(4)38-25)17-16-24-13-15-27(36-5)28(18-24)37-6/h8-15,18,22H,7,16-17,19-20H2,1-6H3,(H,31,35)/t22-/m1/s1. The van der Waals surface area contributed by atoms with Crippen molar-refractivity contribution in [2.45, 2.75) is 53.1 Å². The minimum Gasteiger partial charge on any atom is -0.493 e. The number of anilines is 1. The van der Waals surface area contributed by atoms with Gasteiger partial charge < -0.3 is 29.0 Å². The molecule has 0 bridgehead atoms. The first-order chi connectivity index (χ1) is 18.2. The molecule has 3 aromatic rings. The number of aryl methyl sites for hydroxylation is 2. The van der Waals surface area contributed by atoms with Gasteiger partial charge in [0.25, 0.3) is 0 Å². The number of benzene rings is 2. The van der Waals surface area contributed by atoms with Crippen LogP contribution in [0.15, 0.2) is 59.0 Å². The number of carbonyl (C=O) groups excluding carboxylic acids is 2. The van der Waals surface area contributed by atoms with Gasteiger partial charge in [-0.1, -0.05) is 31.2 Å². The fraction of sp³-hybridized carbons (Fsp3) is 0.400. The molecule has 38 heavy (non-hydrogen) atoms. The number of hydrogen-bond donors (Lipinski definition) is 1. The van der Waals surface area contributed by atoms with E-state index in [1.807, 2.05) is 82.3 Å². The van der Waals surface area contributed by atoms with Crippen LogP contribution in [-0.2, 0) is 17.8 Å². The lowest BCUT2D eigenvalue weighted by atomic mass is 10.1. The van der Waals surface area contributed by atoms with Crippen LogP contribution in [0.4, 0.5) is 10.5 Å². The number of furan rings is 1. The number of methoxy groups -OCH3 is 2. The van der Waals surface area contributed by atoms with Crippen molar-refractivity contribution >= 4 is 17.6 Å². The number of carbonyl (C=O) groups is 2. The summed E-state index contributed by atoms with van der Waals surface area (Å²) in [6.45, 7) is 8.49. The van der Waals surface area contributed by atoms with Gasteiger partial charge in [0.1, 0.15) is 18.1 Å². The van der Waals surface area contributed by atoms with E-state index in [4.69, 9.17) is 13.9 Å². The Morgan fingerprint density at radius 1 is 1.00 bits per heavy atom. The number of nitrogens with one attached hydrogen (secondary N) is 1. The molecular formula is C30H39N3O5. The molecule has 0 radical (unpaired) electrons. The zero-order valence-electron chi connectivity index (χ0n) is 23.2. The summed E-state index contributed by atoms with van der Waals surface area (Å²) < 4.78 is 16.5. The van der Waals surface area contributed by atoms with E-state index in [2.05, 4.69) is 5.32 Å². The minimum atomic E-state index is -0.296. The van der Waals surface area contributed by atoms with Crippen LogP contribution in [0.3, 0.4) is 0 Å². The van der Waals surface area contributed by atoms with Gasteiger partial charge in [0.2, 0.25) is 5.91 Å². The molecule has 8 nitrogen and oxygen atoms in total. The van der Waals surface area contributed by atoms with Gasteiger partial charge in [-0.2, -0.15) is 0 Å². The number of hydrogen-bond acceptors (Lipinski definition) is 5. The van der Waals surface area contributed by atoms with E-state index in [-0.39, 0.29) is 24.5 Å². The predicted molar refractivity (Wildman–Crippen MR) is 149 cm³/mol. The Morgan fingerprint density at radius 2 is 1.74 bits per heavy atom. The molecule has 3 rings (SSSR count). The van der Waals surface area contributed by atoms with Crippen LogP contribution in [0.5, 0.6) is 11.5 Å². The summed E-state index contributed by atoms with van der Waals surface area (Å²) in [5.74, 6) is 2.62. The fourth-order valence-electron chi connectivity index (χ4n) is 4.14. The topological polar surface area (TPSA) is 84.2 Å². The van der Waals surface area contributed by atoms with Crippen molar-refractivity contribution < 1.29 is 23.5 Å². The number of ether oxygens (including phenoxy) is 2. The molecule has 0 fully saturated rings. The SMILES string of the molecule is CC[C@@H](C)N(CC(=O)N(CCc1ccc(OC)c(OC)c1)Cc1ccc(C)o1)C(=O)Nc1ccccc1C. The summed E-state index contributed by atoms with van der Waals surface area (Å²) in [6, 6.07) is 16.7. The normalized spacial score (nSPS) is 11.5. The highest BCUT2D eigenvalue weighted by Crippen LogP contribution is 2.28. The highest BCUT2D eigenvalue weighted by Gasteiger charge is 2.26. The molecule has 1 N–H and O–H groups in total. The number of amides is 3. The van der Waals surface area contributed by atoms with E-state index in [0.717, 1.165) is 29.0 Å². The monoisotopic (exact) mass is 521 g/mol. The van der Waals surface area contributed by atoms with E-state index in [9.17, 15) is 9.59 Å². The minimum absolute atomic E-state index is 0.0433. The zero-order valence-corrected chi connectivity index (χ0v) is 23.2. The summed E-state index contributed by atoms with van der Waals surface area (Å²) in [4.78, 5) is 30.3. The molecule has 3 amide bonds. The van der Waals surface area contributed by atoms with Crippen LogP contribution in [0.1, 0.15) is 42.9 Å². The Labute approximate surface area is 225 Å². The van der Waals surface area contributed by atoms with Crippen molar-refractivity contribution in [1.29, 1.82) is 0 Å². The molecule has 0 saturated heterocycles. The third-order valence-corrected chi connectivity index (χ3v) is 6.69. The Bertz CT molecular complexity index is 1220. The van der Waals surface area contributed by atoms with Gasteiger partial charge in [0.15, 0.2) is 11.5 Å². The van der Waals surface area contributed by atoms with Gasteiger partial charge in [-0.05, 0) is 75.1 Å². The van der Waals surface area contributed by atoms with Crippen molar-refractivity contribution in [1.82, 2.24) is 9.80 Å². The molecule has 8 heteroatoms. The Kier molecular flexibility index (Phi) is 10.2. The van der Waals surface area contributed by atoms with Gasteiger partial charge in [-0.3, -0.25) is 4.79 Å². The number of para-hydroxylation sites is 1. The molecule has 1 atom stereocenters. The molecule has 1 heterocycles. The van der Waals surface area contributed by atoms with Crippen LogP contribution in [0.2, 0.25) is 0 Å². The first-order valence-electron chi connectivity index (χ1n) is 12.9. The van der Waals surface area contributed by atoms with Gasteiger partial charge in [-0.15, -0.1) is 0 Å². The van der Waals surface area contributed by atoms with E-state index in [1.54, 1.807) is 24.0 Å². The maximum atomic E-state index is 13.7. The lowest BCUT2D eigenvalue weighted by molar-refractivity contribution is -0.133. The Morgan fingerprint density at radius 3 is 2.37 bits per heavy atom. The molecule has 0 aliphatic heterocycles. The van der Waals surface area contributed by atoms with Crippen molar-refractivity contribution in [2.75, 3.05) is 32.6 Å². The quantitative estimate of drug-likeness (QED) is 0.325. The molecule has 204 valence electrons. The summed E-state index contributed by atoms with van der Waals surface area (Å²) in [6.07, 6.45) is 1.32. The second-order valence-electron chi connectivity index (χ2n) is 9.40. The molecule has 0 saturated carbocycles. The largest absolute Gasteiger partial charge is 0.493 e. The lowest BCUT2D eigenvalue weighted by Crippen LogP contribution is -2.48. The number of urea groups is 1. The van der Waals surface area contributed by atoms with Crippen molar-refractivity contribution in [2.24, 2.45) is 0 Å². The zero-order chi connectivity index (χ0) is 27.7. The average molecular weight is 522 g/mol. The molecule has 0 aliphatic carbocycles. The summed E-state index contributed by atoms with van der Waals surface area (Å²) in [7, 11) is 3.20. The van der Waals surface area contributed by atoms with Crippen LogP contribution < -0.4 is 14.8 Å². The second kappa shape index (κ2) is 13.6. The van der Waals surface area contributed by atoms with Crippen LogP contribution in [0.25, 0.3) is 0 Å². The highest BCUT2D eigenvalue weighted by molar-refractivity contribution is 5.93. The third-order valence-electron chi connectivity index (χ3n) is 6.69. The Hall–Kier alpha value is -3.94. The van der Waals surface area contributed by atoms with Crippen LogP contribution in [-0.4, -0.2) is 55.1 Å². The van der Waals surface area contributed by atoms with Gasteiger partial charge in [-0.25, -0.2) is 4.79 Å². The lowest BCUT2D eigenvalue weighted by Gasteiger charge is -2.31. The van der Waals surface area contributed by atoms with Crippen molar-refractivity contribution in [3.05, 3.63) is 77.2 Å². The van der Waals surface area contributed by atoms with E-state index < -0.39 is 0 Å². The van der Waals surface area contributed by atoms with Crippen LogP contribution >= 0.6 is 0 Å². The summed E-state index contributed by atoms with van der Waals surface area (Å²) in [5.41, 5.74) is 2.70. The molecule has 0 unspecified atom stereocenters. The predicted octanol–water partition coefficient (Wildman–Crippen LogP) is 5.82. The molecule has 2 aromatic carbocycles. The molecule has 1 aromatic heterocycles. The van der Waals surface area contributed by atoms with E-state index >= 15 is 0 Å². The maximum Gasteiger partial charge on any atom is 0.322 e. The third kappa shape index (κ3) is 7.54. The smallest absolute Gasteiger partial charge is 0.322 e. The second-order valence-corrected chi connectivity index (χ2v) is 9.40. The first-order valence-corrected chi connectivity index (χ1v) is 12.9. The van der Waals surface area contributed by atoms with Gasteiger partial charge >= 0.3 is 6.03 Å². The maximum absolute atomic E-state index is 13.7. The van der Waals surface area contributed by atoms with Crippen molar-refractivity contribution in [3.63, 3.8) is 0 Å². The van der Waals surface area contributed by atoms with E-state index in [1.165, 1.54) is 0 Å². The van der Waals surface area contributed by atoms with Crippen molar-refractivity contribution in [3.8, 4) is 11.5 Å². The summed E-state index contributed by atoms with van der Waals surface area (Å²) >= 11 is 0.